The van der Waals surface area contributed by atoms with Crippen LogP contribution in [-0.4, -0.2) is 31.9 Å². The van der Waals surface area contributed by atoms with E-state index in [1.165, 1.54) is 11.8 Å². The number of amides is 1. The van der Waals surface area contributed by atoms with E-state index < -0.39 is 0 Å². The molecule has 27 heavy (non-hydrogen) atoms. The highest BCUT2D eigenvalue weighted by atomic mass is 32.2. The lowest BCUT2D eigenvalue weighted by atomic mass is 9.97. The second-order valence-electron chi connectivity index (χ2n) is 6.45. The molecule has 1 amide bonds. The van der Waals surface area contributed by atoms with Crippen molar-refractivity contribution in [2.24, 2.45) is 0 Å². The van der Waals surface area contributed by atoms with E-state index in [4.69, 9.17) is 0 Å². The van der Waals surface area contributed by atoms with Crippen molar-refractivity contribution in [3.05, 3.63) is 59.7 Å². The molecular weight excluding hydrogens is 358 g/mol. The molecular formula is C20H23N5OS. The molecule has 3 rings (SSSR count). The van der Waals surface area contributed by atoms with Gasteiger partial charge in [-0.2, -0.15) is 4.68 Å². The van der Waals surface area contributed by atoms with Gasteiger partial charge in [0.2, 0.25) is 11.1 Å². The molecule has 0 unspecified atom stereocenters. The molecule has 0 fully saturated rings. The number of nitrogens with one attached hydrogen (secondary N) is 1. The number of thioether (sulfide) groups is 1. The zero-order valence-corrected chi connectivity index (χ0v) is 16.5. The maximum Gasteiger partial charge on any atom is 0.234 e. The summed E-state index contributed by atoms with van der Waals surface area (Å²) in [7, 11) is 0. The number of aromatic nitrogens is 4. The summed E-state index contributed by atoms with van der Waals surface area (Å²) >= 11 is 1.32. The average molecular weight is 382 g/mol. The maximum absolute atomic E-state index is 12.5. The van der Waals surface area contributed by atoms with E-state index in [-0.39, 0.29) is 11.7 Å². The second kappa shape index (κ2) is 8.81. The third-order valence-electron chi connectivity index (χ3n) is 4.40. The normalized spacial score (nSPS) is 12.0. The fraction of sp³-hybridized carbons (Fsp3) is 0.300. The van der Waals surface area contributed by atoms with Crippen LogP contribution in [0.2, 0.25) is 0 Å². The molecule has 0 saturated heterocycles. The number of tetrazole rings is 1. The minimum absolute atomic E-state index is 0.0745. The number of carbonyl (C=O) groups is 1. The van der Waals surface area contributed by atoms with Gasteiger partial charge in [0.05, 0.1) is 11.4 Å². The van der Waals surface area contributed by atoms with Crippen molar-refractivity contribution in [2.45, 2.75) is 38.3 Å². The number of benzene rings is 2. The number of aryl methyl sites for hydroxylation is 1. The lowest BCUT2D eigenvalue weighted by molar-refractivity contribution is -0.113. The van der Waals surface area contributed by atoms with Gasteiger partial charge < -0.3 is 5.32 Å². The van der Waals surface area contributed by atoms with Gasteiger partial charge in [-0.3, -0.25) is 4.79 Å². The Hall–Kier alpha value is -2.67. The molecule has 140 valence electrons. The molecule has 1 aromatic heterocycles. The summed E-state index contributed by atoms with van der Waals surface area (Å²) in [5.74, 6) is 0.554. The Balaban J connectivity index is 1.67. The number of nitrogens with zero attached hydrogens (tertiary/aromatic N) is 4. The van der Waals surface area contributed by atoms with E-state index in [1.54, 1.807) is 4.68 Å². The molecule has 0 aliphatic heterocycles. The van der Waals surface area contributed by atoms with Gasteiger partial charge in [0.25, 0.3) is 0 Å². The zero-order valence-electron chi connectivity index (χ0n) is 15.7. The Bertz CT molecular complexity index is 924. The highest BCUT2D eigenvalue weighted by molar-refractivity contribution is 7.99. The number of carbonyl (C=O) groups excluding carboxylic acids is 1. The highest BCUT2D eigenvalue weighted by Crippen LogP contribution is 2.27. The summed E-state index contributed by atoms with van der Waals surface area (Å²) in [6.07, 6.45) is 1.02. The minimum atomic E-state index is -0.0745. The van der Waals surface area contributed by atoms with Crippen LogP contribution in [0.4, 0.5) is 5.69 Å². The van der Waals surface area contributed by atoms with Gasteiger partial charge in [-0.25, -0.2) is 0 Å². The van der Waals surface area contributed by atoms with Crippen molar-refractivity contribution in [2.75, 3.05) is 11.1 Å². The standard InChI is InChI=1S/C20H23N5OS/c1-4-15(3)17-10-5-6-11-18(17)21-19(26)13-27-20-22-23-24-25(20)16-9-7-8-14(2)12-16/h5-12,15H,4,13H2,1-3H3,(H,21,26)/t15-/m0/s1. The van der Waals surface area contributed by atoms with Gasteiger partial charge in [0.15, 0.2) is 0 Å². The topological polar surface area (TPSA) is 72.7 Å². The number of hydrogen-bond acceptors (Lipinski definition) is 5. The van der Waals surface area contributed by atoms with E-state index >= 15 is 0 Å². The first-order valence-corrected chi connectivity index (χ1v) is 9.94. The Labute approximate surface area is 163 Å². The molecule has 3 aromatic rings. The first kappa shape index (κ1) is 19.1. The molecule has 1 atom stereocenters. The third-order valence-corrected chi connectivity index (χ3v) is 5.32. The van der Waals surface area contributed by atoms with Crippen molar-refractivity contribution in [3.8, 4) is 5.69 Å². The van der Waals surface area contributed by atoms with Gasteiger partial charge >= 0.3 is 0 Å². The molecule has 7 heteroatoms. The smallest absolute Gasteiger partial charge is 0.234 e. The van der Waals surface area contributed by atoms with E-state index in [1.807, 2.05) is 49.4 Å². The summed E-state index contributed by atoms with van der Waals surface area (Å²) in [6, 6.07) is 15.9. The Morgan fingerprint density at radius 1 is 1.22 bits per heavy atom. The number of rotatable bonds is 7. The Morgan fingerprint density at radius 2 is 2.04 bits per heavy atom. The molecule has 0 aliphatic rings. The van der Waals surface area contributed by atoms with Crippen LogP contribution in [0.5, 0.6) is 0 Å². The van der Waals surface area contributed by atoms with Gasteiger partial charge in [0, 0.05) is 5.69 Å². The van der Waals surface area contributed by atoms with Gasteiger partial charge in [-0.1, -0.05) is 55.9 Å². The minimum Gasteiger partial charge on any atom is -0.325 e. The van der Waals surface area contributed by atoms with Crippen LogP contribution in [0.1, 0.15) is 37.3 Å². The van der Waals surface area contributed by atoms with E-state index in [9.17, 15) is 4.79 Å². The molecule has 0 spiro atoms. The quantitative estimate of drug-likeness (QED) is 0.621. The van der Waals surface area contributed by atoms with Crippen LogP contribution < -0.4 is 5.32 Å². The van der Waals surface area contributed by atoms with Crippen molar-refractivity contribution >= 4 is 23.4 Å². The molecule has 0 radical (unpaired) electrons. The first-order chi connectivity index (χ1) is 13.1. The van der Waals surface area contributed by atoms with Crippen LogP contribution in [0, 0.1) is 6.92 Å². The van der Waals surface area contributed by atoms with Gasteiger partial charge in [-0.15, -0.1) is 5.10 Å². The fourth-order valence-electron chi connectivity index (χ4n) is 2.77. The Kier molecular flexibility index (Phi) is 6.24. The lowest BCUT2D eigenvalue weighted by Crippen LogP contribution is -2.16. The molecule has 1 heterocycles. The van der Waals surface area contributed by atoms with E-state index in [2.05, 4.69) is 40.8 Å². The van der Waals surface area contributed by atoms with Crippen LogP contribution in [0.15, 0.2) is 53.7 Å². The number of anilines is 1. The maximum atomic E-state index is 12.5. The summed E-state index contributed by atoms with van der Waals surface area (Å²) in [5, 5.41) is 15.4. The summed E-state index contributed by atoms with van der Waals surface area (Å²) in [4.78, 5) is 12.5. The van der Waals surface area contributed by atoms with Crippen molar-refractivity contribution in [1.82, 2.24) is 20.2 Å². The van der Waals surface area contributed by atoms with Crippen LogP contribution in [0.3, 0.4) is 0 Å². The molecule has 6 nitrogen and oxygen atoms in total. The number of para-hydroxylation sites is 1. The third kappa shape index (κ3) is 4.74. The molecule has 0 saturated carbocycles. The van der Waals surface area contributed by atoms with Crippen molar-refractivity contribution in [3.63, 3.8) is 0 Å². The lowest BCUT2D eigenvalue weighted by Gasteiger charge is -2.15. The van der Waals surface area contributed by atoms with Crippen LogP contribution >= 0.6 is 11.8 Å². The predicted molar refractivity (Wildman–Crippen MR) is 108 cm³/mol. The predicted octanol–water partition coefficient (Wildman–Crippen LogP) is 4.22. The van der Waals surface area contributed by atoms with Crippen LogP contribution in [-0.2, 0) is 4.79 Å². The first-order valence-electron chi connectivity index (χ1n) is 8.95. The largest absolute Gasteiger partial charge is 0.325 e. The van der Waals surface area contributed by atoms with Crippen LogP contribution in [0.25, 0.3) is 5.69 Å². The molecule has 0 aliphatic carbocycles. The fourth-order valence-corrected chi connectivity index (χ4v) is 3.46. The van der Waals surface area contributed by atoms with Crippen molar-refractivity contribution in [1.29, 1.82) is 0 Å². The zero-order chi connectivity index (χ0) is 19.2. The van der Waals surface area contributed by atoms with E-state index in [0.717, 1.165) is 28.9 Å². The Morgan fingerprint density at radius 3 is 2.81 bits per heavy atom. The van der Waals surface area contributed by atoms with Gasteiger partial charge in [0.1, 0.15) is 0 Å². The number of hydrogen-bond donors (Lipinski definition) is 1. The molecule has 0 bridgehead atoms. The van der Waals surface area contributed by atoms with E-state index in [0.29, 0.717) is 11.1 Å². The highest BCUT2D eigenvalue weighted by Gasteiger charge is 2.14. The second-order valence-corrected chi connectivity index (χ2v) is 7.39. The SMILES string of the molecule is CC[C@H](C)c1ccccc1NC(=O)CSc1nnnn1-c1cccc(C)c1. The average Bonchev–Trinajstić information content (AvgIpc) is 3.15. The summed E-state index contributed by atoms with van der Waals surface area (Å²) in [6.45, 7) is 6.32. The molecule has 2 aromatic carbocycles. The monoisotopic (exact) mass is 381 g/mol. The summed E-state index contributed by atoms with van der Waals surface area (Å²) in [5.41, 5.74) is 4.03. The summed E-state index contributed by atoms with van der Waals surface area (Å²) < 4.78 is 1.65. The van der Waals surface area contributed by atoms with Gasteiger partial charge in [-0.05, 0) is 59.0 Å². The van der Waals surface area contributed by atoms with Crippen molar-refractivity contribution < 1.29 is 4.79 Å². The molecule has 1 N–H and O–H groups in total.